The van der Waals surface area contributed by atoms with Crippen LogP contribution in [0.3, 0.4) is 0 Å². The van der Waals surface area contributed by atoms with E-state index in [0.717, 1.165) is 41.9 Å². The largest absolute Gasteiger partial charge is 0.396 e. The Morgan fingerprint density at radius 2 is 1.65 bits per heavy atom. The normalized spacial score (nSPS) is 14.4. The number of fused-ring (bicyclic) bond motifs is 1. The van der Waals surface area contributed by atoms with Crippen LogP contribution in [0.2, 0.25) is 0 Å². The van der Waals surface area contributed by atoms with Crippen LogP contribution in [0.5, 0.6) is 0 Å². The molecule has 1 N–H and O–H groups in total. The van der Waals surface area contributed by atoms with Gasteiger partial charge in [0.05, 0.1) is 16.0 Å². The van der Waals surface area contributed by atoms with E-state index in [2.05, 4.69) is 10.00 Å². The standard InChI is InChI=1S/C26H24N4O4/c31-17-18-12-14-28(15-13-18)20-10-11-23(30(33)34)24(16-20)29-26(32)22-9-5-4-8-21(22)25(27-29)19-6-2-1-3-7-19/h1-11,16,18,31H,12-15,17H2. The van der Waals surface area contributed by atoms with Gasteiger partial charge in [-0.25, -0.2) is 0 Å². The summed E-state index contributed by atoms with van der Waals surface area (Å²) in [5.41, 5.74) is 1.74. The smallest absolute Gasteiger partial charge is 0.295 e. The molecule has 0 bridgehead atoms. The topological polar surface area (TPSA) is 102 Å². The van der Waals surface area contributed by atoms with Gasteiger partial charge in [-0.05, 0) is 37.0 Å². The quantitative estimate of drug-likeness (QED) is 0.357. The van der Waals surface area contributed by atoms with Crippen LogP contribution in [0.25, 0.3) is 27.7 Å². The summed E-state index contributed by atoms with van der Waals surface area (Å²) in [6.07, 6.45) is 1.68. The molecule has 3 aromatic carbocycles. The van der Waals surface area contributed by atoms with Crippen molar-refractivity contribution >= 4 is 22.1 Å². The summed E-state index contributed by atoms with van der Waals surface area (Å²) in [6.45, 7) is 1.63. The molecule has 34 heavy (non-hydrogen) atoms. The summed E-state index contributed by atoms with van der Waals surface area (Å²) in [6, 6.07) is 21.5. The van der Waals surface area contributed by atoms with Crippen molar-refractivity contribution in [3.05, 3.63) is 93.3 Å². The fraction of sp³-hybridized carbons (Fsp3) is 0.231. The van der Waals surface area contributed by atoms with E-state index in [4.69, 9.17) is 0 Å². The maximum absolute atomic E-state index is 13.5. The molecule has 1 aliphatic heterocycles. The first-order chi connectivity index (χ1) is 16.6. The molecule has 8 nitrogen and oxygen atoms in total. The van der Waals surface area contributed by atoms with Gasteiger partial charge in [0, 0.05) is 42.4 Å². The minimum atomic E-state index is -0.484. The van der Waals surface area contributed by atoms with Gasteiger partial charge in [0.2, 0.25) is 0 Å². The zero-order chi connectivity index (χ0) is 23.7. The van der Waals surface area contributed by atoms with E-state index in [0.29, 0.717) is 16.5 Å². The average Bonchev–Trinajstić information content (AvgIpc) is 2.89. The number of aliphatic hydroxyl groups is 1. The Balaban J connectivity index is 1.71. The molecular weight excluding hydrogens is 432 g/mol. The second-order valence-corrected chi connectivity index (χ2v) is 8.52. The molecule has 5 rings (SSSR count). The van der Waals surface area contributed by atoms with E-state index in [1.807, 2.05) is 42.5 Å². The highest BCUT2D eigenvalue weighted by Crippen LogP contribution is 2.31. The molecule has 1 aliphatic rings. The van der Waals surface area contributed by atoms with Crippen molar-refractivity contribution in [3.8, 4) is 16.9 Å². The van der Waals surface area contributed by atoms with Crippen LogP contribution < -0.4 is 10.5 Å². The number of nitro groups is 1. The van der Waals surface area contributed by atoms with Gasteiger partial charge in [-0.15, -0.1) is 0 Å². The molecule has 0 saturated carbocycles. The third kappa shape index (κ3) is 3.92. The summed E-state index contributed by atoms with van der Waals surface area (Å²) in [5, 5.41) is 27.1. The van der Waals surface area contributed by atoms with Gasteiger partial charge in [0.25, 0.3) is 11.2 Å². The number of hydrogen-bond acceptors (Lipinski definition) is 6. The first-order valence-corrected chi connectivity index (χ1v) is 11.3. The van der Waals surface area contributed by atoms with E-state index in [-0.39, 0.29) is 23.9 Å². The number of rotatable bonds is 5. The number of aliphatic hydroxyl groups excluding tert-OH is 1. The van der Waals surface area contributed by atoms with Gasteiger partial charge in [-0.1, -0.05) is 48.5 Å². The first-order valence-electron chi connectivity index (χ1n) is 11.3. The second kappa shape index (κ2) is 9.07. The summed E-state index contributed by atoms with van der Waals surface area (Å²) >= 11 is 0. The Labute approximate surface area is 195 Å². The molecule has 0 unspecified atom stereocenters. The van der Waals surface area contributed by atoms with Crippen molar-refractivity contribution in [3.63, 3.8) is 0 Å². The molecule has 0 amide bonds. The number of aromatic nitrogens is 2. The SMILES string of the molecule is O=c1c2ccccc2c(-c2ccccc2)nn1-c1cc(N2CCC(CO)CC2)ccc1[N+](=O)[O-]. The van der Waals surface area contributed by atoms with Crippen molar-refractivity contribution in [2.24, 2.45) is 5.92 Å². The molecule has 8 heteroatoms. The maximum atomic E-state index is 13.5. The predicted octanol–water partition coefficient (Wildman–Crippen LogP) is 4.17. The minimum Gasteiger partial charge on any atom is -0.396 e. The molecule has 1 saturated heterocycles. The lowest BCUT2D eigenvalue weighted by molar-refractivity contribution is -0.384. The molecule has 172 valence electrons. The number of benzene rings is 3. The maximum Gasteiger partial charge on any atom is 0.295 e. The fourth-order valence-electron chi connectivity index (χ4n) is 4.57. The Morgan fingerprint density at radius 1 is 0.971 bits per heavy atom. The van der Waals surface area contributed by atoms with Crippen molar-refractivity contribution in [2.75, 3.05) is 24.6 Å². The molecule has 0 radical (unpaired) electrons. The van der Waals surface area contributed by atoms with E-state index in [1.165, 1.54) is 6.07 Å². The Bertz CT molecular complexity index is 1410. The van der Waals surface area contributed by atoms with Gasteiger partial charge >= 0.3 is 0 Å². The predicted molar refractivity (Wildman–Crippen MR) is 131 cm³/mol. The molecule has 1 fully saturated rings. The minimum absolute atomic E-state index is 0.139. The Hall–Kier alpha value is -4.04. The zero-order valence-corrected chi connectivity index (χ0v) is 18.5. The van der Waals surface area contributed by atoms with Gasteiger partial charge in [-0.2, -0.15) is 9.78 Å². The van der Waals surface area contributed by atoms with E-state index in [9.17, 15) is 20.0 Å². The first kappa shape index (κ1) is 21.8. The number of nitrogens with zero attached hydrogens (tertiary/aromatic N) is 4. The average molecular weight is 457 g/mol. The molecule has 0 atom stereocenters. The van der Waals surface area contributed by atoms with E-state index in [1.54, 1.807) is 24.3 Å². The second-order valence-electron chi connectivity index (χ2n) is 8.52. The number of hydrogen-bond donors (Lipinski definition) is 1. The van der Waals surface area contributed by atoms with Crippen LogP contribution in [-0.2, 0) is 0 Å². The summed E-state index contributed by atoms with van der Waals surface area (Å²) in [4.78, 5) is 27.1. The number of nitro benzene ring substituents is 1. The summed E-state index contributed by atoms with van der Waals surface area (Å²) in [5.74, 6) is 0.270. The molecule has 0 spiro atoms. The van der Waals surface area contributed by atoms with E-state index < -0.39 is 10.5 Å². The molecule has 2 heterocycles. The fourth-order valence-corrected chi connectivity index (χ4v) is 4.57. The third-order valence-electron chi connectivity index (χ3n) is 6.47. The molecule has 1 aromatic heterocycles. The lowest BCUT2D eigenvalue weighted by atomic mass is 9.97. The summed E-state index contributed by atoms with van der Waals surface area (Å²) in [7, 11) is 0. The van der Waals surface area contributed by atoms with Gasteiger partial charge in [0.15, 0.2) is 0 Å². The highest BCUT2D eigenvalue weighted by molar-refractivity contribution is 5.94. The highest BCUT2D eigenvalue weighted by Gasteiger charge is 2.24. The van der Waals surface area contributed by atoms with Crippen LogP contribution in [-0.4, -0.2) is 39.5 Å². The van der Waals surface area contributed by atoms with Crippen LogP contribution in [0.4, 0.5) is 11.4 Å². The number of piperidine rings is 1. The van der Waals surface area contributed by atoms with Crippen molar-refractivity contribution < 1.29 is 10.0 Å². The van der Waals surface area contributed by atoms with E-state index >= 15 is 0 Å². The summed E-state index contributed by atoms with van der Waals surface area (Å²) < 4.78 is 1.16. The monoisotopic (exact) mass is 456 g/mol. The third-order valence-corrected chi connectivity index (χ3v) is 6.47. The number of anilines is 1. The van der Waals surface area contributed by atoms with Crippen LogP contribution in [0.1, 0.15) is 12.8 Å². The van der Waals surface area contributed by atoms with Gasteiger partial charge in [0.1, 0.15) is 5.69 Å². The van der Waals surface area contributed by atoms with Crippen molar-refractivity contribution in [1.29, 1.82) is 0 Å². The molecule has 0 aliphatic carbocycles. The Morgan fingerprint density at radius 3 is 2.32 bits per heavy atom. The molecule has 4 aromatic rings. The van der Waals surface area contributed by atoms with Crippen molar-refractivity contribution in [1.82, 2.24) is 9.78 Å². The molecular formula is C26H24N4O4. The lowest BCUT2D eigenvalue weighted by Gasteiger charge is -2.33. The van der Waals surface area contributed by atoms with Crippen LogP contribution in [0.15, 0.2) is 77.6 Å². The van der Waals surface area contributed by atoms with Crippen LogP contribution >= 0.6 is 0 Å². The van der Waals surface area contributed by atoms with Crippen molar-refractivity contribution in [2.45, 2.75) is 12.8 Å². The van der Waals surface area contributed by atoms with Gasteiger partial charge in [-0.3, -0.25) is 14.9 Å². The van der Waals surface area contributed by atoms with Gasteiger partial charge < -0.3 is 10.0 Å². The Kier molecular flexibility index (Phi) is 5.81. The highest BCUT2D eigenvalue weighted by atomic mass is 16.6. The van der Waals surface area contributed by atoms with Crippen LogP contribution in [0, 0.1) is 16.0 Å². The zero-order valence-electron chi connectivity index (χ0n) is 18.5. The lowest BCUT2D eigenvalue weighted by Crippen LogP contribution is -2.35.